The number of hydrogen-bond acceptors (Lipinski definition) is 4. The highest BCUT2D eigenvalue weighted by atomic mass is 35.7. The molecule has 0 bridgehead atoms. The SMILES string of the molecule is Cc1cc(Cl)ccc1-c1nnc(S(=O)(=O)Cl)n1C. The summed E-state index contributed by atoms with van der Waals surface area (Å²) in [6.45, 7) is 1.85. The Labute approximate surface area is 114 Å². The molecule has 0 N–H and O–H groups in total. The molecule has 0 fully saturated rings. The van der Waals surface area contributed by atoms with Gasteiger partial charge in [-0.15, -0.1) is 10.2 Å². The van der Waals surface area contributed by atoms with E-state index >= 15 is 0 Å². The molecule has 0 atom stereocenters. The zero-order valence-corrected chi connectivity index (χ0v) is 11.9. The number of halogens is 2. The second-order valence-corrected chi connectivity index (χ2v) is 6.66. The Morgan fingerprint density at radius 2 is 1.94 bits per heavy atom. The molecule has 0 spiro atoms. The van der Waals surface area contributed by atoms with E-state index in [1.807, 2.05) is 6.92 Å². The third-order valence-electron chi connectivity index (χ3n) is 2.48. The zero-order chi connectivity index (χ0) is 13.5. The molecule has 0 unspecified atom stereocenters. The van der Waals surface area contributed by atoms with Crippen LogP contribution in [0.25, 0.3) is 11.4 Å². The van der Waals surface area contributed by atoms with Gasteiger partial charge in [0.1, 0.15) is 0 Å². The first kappa shape index (κ1) is 13.3. The van der Waals surface area contributed by atoms with Gasteiger partial charge in [-0.2, -0.15) is 0 Å². The lowest BCUT2D eigenvalue weighted by Crippen LogP contribution is -2.03. The Morgan fingerprint density at radius 1 is 1.28 bits per heavy atom. The van der Waals surface area contributed by atoms with E-state index in [9.17, 15) is 8.42 Å². The average Bonchev–Trinajstić information content (AvgIpc) is 2.60. The summed E-state index contributed by atoms with van der Waals surface area (Å²) < 4.78 is 23.8. The molecule has 0 amide bonds. The van der Waals surface area contributed by atoms with Crippen LogP contribution in [0, 0.1) is 6.92 Å². The van der Waals surface area contributed by atoms with Crippen molar-refractivity contribution in [2.24, 2.45) is 7.05 Å². The maximum absolute atomic E-state index is 11.3. The molecule has 96 valence electrons. The predicted molar refractivity (Wildman–Crippen MR) is 69.2 cm³/mol. The molecule has 8 heteroatoms. The van der Waals surface area contributed by atoms with Gasteiger partial charge in [0.15, 0.2) is 5.82 Å². The molecule has 1 aromatic carbocycles. The lowest BCUT2D eigenvalue weighted by atomic mass is 10.1. The summed E-state index contributed by atoms with van der Waals surface area (Å²) in [5, 5.41) is 7.75. The summed E-state index contributed by atoms with van der Waals surface area (Å²) >= 11 is 5.86. The van der Waals surface area contributed by atoms with E-state index in [0.717, 1.165) is 11.1 Å². The molecule has 5 nitrogen and oxygen atoms in total. The summed E-state index contributed by atoms with van der Waals surface area (Å²) in [6.07, 6.45) is 0. The quantitative estimate of drug-likeness (QED) is 0.799. The third-order valence-corrected chi connectivity index (χ3v) is 3.92. The summed E-state index contributed by atoms with van der Waals surface area (Å²) in [6, 6.07) is 5.22. The molecule has 2 aromatic rings. The molecule has 1 heterocycles. The molecular formula is C10H9Cl2N3O2S. The molecule has 18 heavy (non-hydrogen) atoms. The van der Waals surface area contributed by atoms with Crippen molar-refractivity contribution in [1.82, 2.24) is 14.8 Å². The Bertz CT molecular complexity index is 710. The van der Waals surface area contributed by atoms with Gasteiger partial charge in [0, 0.05) is 28.3 Å². The van der Waals surface area contributed by atoms with E-state index in [4.69, 9.17) is 22.3 Å². The molecule has 0 saturated carbocycles. The number of rotatable bonds is 2. The summed E-state index contributed by atoms with van der Waals surface area (Å²) in [7, 11) is 2.89. The van der Waals surface area contributed by atoms with Gasteiger partial charge in [-0.25, -0.2) is 8.42 Å². The van der Waals surface area contributed by atoms with E-state index in [1.54, 1.807) is 25.2 Å². The number of aryl methyl sites for hydroxylation is 1. The lowest BCUT2D eigenvalue weighted by molar-refractivity contribution is 0.593. The summed E-state index contributed by atoms with van der Waals surface area (Å²) in [4.78, 5) is 0. The number of hydrogen-bond donors (Lipinski definition) is 0. The van der Waals surface area contributed by atoms with Crippen LogP contribution in [0.2, 0.25) is 5.02 Å². The van der Waals surface area contributed by atoms with Crippen molar-refractivity contribution in [3.63, 3.8) is 0 Å². The van der Waals surface area contributed by atoms with Crippen LogP contribution >= 0.6 is 22.3 Å². The van der Waals surface area contributed by atoms with Crippen LogP contribution in [0.15, 0.2) is 23.4 Å². The topological polar surface area (TPSA) is 64.8 Å². The van der Waals surface area contributed by atoms with Crippen LogP contribution in [0.1, 0.15) is 5.56 Å². The van der Waals surface area contributed by atoms with E-state index in [0.29, 0.717) is 10.8 Å². The fourth-order valence-corrected chi connectivity index (χ4v) is 2.82. The van der Waals surface area contributed by atoms with Crippen LogP contribution < -0.4 is 0 Å². The molecule has 0 aliphatic carbocycles. The van der Waals surface area contributed by atoms with E-state index in [1.165, 1.54) is 4.57 Å². The second-order valence-electron chi connectivity index (χ2n) is 3.76. The first-order valence-electron chi connectivity index (χ1n) is 4.91. The van der Waals surface area contributed by atoms with Gasteiger partial charge in [-0.3, -0.25) is 4.57 Å². The van der Waals surface area contributed by atoms with Gasteiger partial charge in [-0.1, -0.05) is 11.6 Å². The number of nitrogens with zero attached hydrogens (tertiary/aromatic N) is 3. The minimum absolute atomic E-state index is 0.284. The van der Waals surface area contributed by atoms with Crippen molar-refractivity contribution in [1.29, 1.82) is 0 Å². The molecular weight excluding hydrogens is 297 g/mol. The molecule has 0 aliphatic rings. The Hall–Kier alpha value is -1.11. The van der Waals surface area contributed by atoms with Gasteiger partial charge in [0.05, 0.1) is 0 Å². The highest BCUT2D eigenvalue weighted by Crippen LogP contribution is 2.26. The minimum Gasteiger partial charge on any atom is -0.300 e. The maximum atomic E-state index is 11.3. The zero-order valence-electron chi connectivity index (χ0n) is 9.55. The summed E-state index contributed by atoms with van der Waals surface area (Å²) in [5.74, 6) is 0.420. The van der Waals surface area contributed by atoms with Crippen molar-refractivity contribution in [2.45, 2.75) is 12.1 Å². The van der Waals surface area contributed by atoms with Gasteiger partial charge in [-0.05, 0) is 30.7 Å². The molecule has 0 radical (unpaired) electrons. The fraction of sp³-hybridized carbons (Fsp3) is 0.200. The minimum atomic E-state index is -3.91. The average molecular weight is 306 g/mol. The van der Waals surface area contributed by atoms with Gasteiger partial charge < -0.3 is 0 Å². The molecule has 2 rings (SSSR count). The van der Waals surface area contributed by atoms with Gasteiger partial charge in [0.25, 0.3) is 14.2 Å². The van der Waals surface area contributed by atoms with Crippen LogP contribution in [0.3, 0.4) is 0 Å². The maximum Gasteiger partial charge on any atom is 0.296 e. The van der Waals surface area contributed by atoms with E-state index < -0.39 is 9.05 Å². The highest BCUT2D eigenvalue weighted by Gasteiger charge is 2.21. The monoisotopic (exact) mass is 305 g/mol. The number of aromatic nitrogens is 3. The predicted octanol–water partition coefficient (Wildman–Crippen LogP) is 2.37. The van der Waals surface area contributed by atoms with Crippen molar-refractivity contribution >= 4 is 31.3 Å². The first-order valence-corrected chi connectivity index (χ1v) is 7.60. The lowest BCUT2D eigenvalue weighted by Gasteiger charge is -2.05. The van der Waals surface area contributed by atoms with Crippen molar-refractivity contribution < 1.29 is 8.42 Å². The fourth-order valence-electron chi connectivity index (χ4n) is 1.64. The third kappa shape index (κ3) is 2.36. The highest BCUT2D eigenvalue weighted by molar-refractivity contribution is 8.13. The Morgan fingerprint density at radius 3 is 2.44 bits per heavy atom. The largest absolute Gasteiger partial charge is 0.300 e. The smallest absolute Gasteiger partial charge is 0.296 e. The second kappa shape index (κ2) is 4.53. The van der Waals surface area contributed by atoms with Gasteiger partial charge in [0.2, 0.25) is 0 Å². The van der Waals surface area contributed by atoms with E-state index in [-0.39, 0.29) is 5.16 Å². The van der Waals surface area contributed by atoms with Crippen molar-refractivity contribution in [2.75, 3.05) is 0 Å². The van der Waals surface area contributed by atoms with Crippen LogP contribution in [0.4, 0.5) is 0 Å². The van der Waals surface area contributed by atoms with Crippen LogP contribution in [-0.2, 0) is 16.1 Å². The van der Waals surface area contributed by atoms with Crippen molar-refractivity contribution in [3.05, 3.63) is 28.8 Å². The van der Waals surface area contributed by atoms with Gasteiger partial charge >= 0.3 is 0 Å². The Balaban J connectivity index is 2.63. The molecule has 0 aliphatic heterocycles. The van der Waals surface area contributed by atoms with E-state index in [2.05, 4.69) is 10.2 Å². The van der Waals surface area contributed by atoms with Crippen molar-refractivity contribution in [3.8, 4) is 11.4 Å². The van der Waals surface area contributed by atoms with Crippen LogP contribution in [-0.4, -0.2) is 23.2 Å². The number of benzene rings is 1. The van der Waals surface area contributed by atoms with Crippen LogP contribution in [0.5, 0.6) is 0 Å². The summed E-state index contributed by atoms with van der Waals surface area (Å²) in [5.41, 5.74) is 1.62. The normalized spacial score (nSPS) is 11.8. The molecule has 1 aromatic heterocycles. The standard InChI is InChI=1S/C10H9Cl2N3O2S/c1-6-5-7(11)3-4-8(6)9-13-14-10(15(9)2)18(12,16)17/h3-5H,1-2H3. The first-order chi connectivity index (χ1) is 8.30. The Kier molecular flexibility index (Phi) is 3.35. The molecule has 0 saturated heterocycles.